The summed E-state index contributed by atoms with van der Waals surface area (Å²) in [5.74, 6) is 1.84. The molecule has 13 nitrogen and oxygen atoms in total. The maximum atomic E-state index is 12.5. The highest BCUT2D eigenvalue weighted by molar-refractivity contribution is 5.78. The largest absolute Gasteiger partial charge is 0.473 e. The van der Waals surface area contributed by atoms with Gasteiger partial charge in [-0.15, -0.1) is 0 Å². The van der Waals surface area contributed by atoms with Crippen molar-refractivity contribution in [3.8, 4) is 29.3 Å². The van der Waals surface area contributed by atoms with Crippen LogP contribution in [0, 0.1) is 11.3 Å². The first-order valence-corrected chi connectivity index (χ1v) is 17.1. The van der Waals surface area contributed by atoms with Gasteiger partial charge in [0.15, 0.2) is 23.1 Å². The van der Waals surface area contributed by atoms with Crippen LogP contribution in [0.2, 0.25) is 0 Å². The highest BCUT2D eigenvalue weighted by atomic mass is 16.5. The van der Waals surface area contributed by atoms with Crippen LogP contribution < -0.4 is 15.8 Å². The number of nitrogen functional groups attached to an aromatic ring is 1. The number of fused-ring (bicyclic) bond motifs is 4. The molecule has 1 saturated heterocycles. The number of nitriles is 1. The number of hydrogen-bond donors (Lipinski definition) is 2. The summed E-state index contributed by atoms with van der Waals surface area (Å²) in [5.41, 5.74) is 11.0. The number of nitrogens with two attached hydrogens (primary N) is 1. The minimum absolute atomic E-state index is 0.0337. The van der Waals surface area contributed by atoms with E-state index in [0.717, 1.165) is 67.5 Å². The number of aromatic nitrogens is 5. The highest BCUT2D eigenvalue weighted by Gasteiger charge is 2.49. The number of aryl methyl sites for hydroxylation is 1. The van der Waals surface area contributed by atoms with Crippen LogP contribution in [0.1, 0.15) is 80.2 Å². The average Bonchev–Trinajstić information content (AvgIpc) is 3.87. The van der Waals surface area contributed by atoms with E-state index in [1.807, 2.05) is 32.9 Å². The molecule has 0 radical (unpaired) electrons. The minimum Gasteiger partial charge on any atom is -0.473 e. The molecule has 1 amide bonds. The number of likely N-dealkylation sites (N-methyl/N-ethyl adjacent to an activating group) is 1. The molecule has 4 aromatic rings. The lowest BCUT2D eigenvalue weighted by atomic mass is 9.68. The molecule has 2 aliphatic carbocycles. The monoisotopic (exact) mass is 665 g/mol. The number of hydrogen-bond acceptors (Lipinski definition) is 11. The first-order chi connectivity index (χ1) is 23.6. The number of carbonyl (C=O) groups excluding carboxylic acids is 1. The van der Waals surface area contributed by atoms with Gasteiger partial charge in [-0.05, 0) is 89.6 Å². The van der Waals surface area contributed by atoms with E-state index in [0.29, 0.717) is 40.2 Å². The van der Waals surface area contributed by atoms with E-state index in [9.17, 15) is 10.1 Å². The third kappa shape index (κ3) is 5.82. The smallest absolute Gasteiger partial charge is 0.226 e. The van der Waals surface area contributed by atoms with E-state index in [4.69, 9.17) is 29.7 Å². The van der Waals surface area contributed by atoms with Gasteiger partial charge in [-0.2, -0.15) is 15.3 Å². The fourth-order valence-corrected chi connectivity index (χ4v) is 8.19. The molecule has 49 heavy (non-hydrogen) atoms. The van der Waals surface area contributed by atoms with Gasteiger partial charge in [-0.1, -0.05) is 11.2 Å². The van der Waals surface area contributed by atoms with E-state index in [1.54, 1.807) is 30.1 Å². The van der Waals surface area contributed by atoms with Gasteiger partial charge in [0.2, 0.25) is 11.8 Å². The first kappa shape index (κ1) is 32.7. The molecule has 1 spiro atoms. The van der Waals surface area contributed by atoms with Crippen molar-refractivity contribution in [3.63, 3.8) is 0 Å². The van der Waals surface area contributed by atoms with Crippen LogP contribution in [0.5, 0.6) is 5.88 Å². The van der Waals surface area contributed by atoms with Crippen LogP contribution in [0.4, 0.5) is 5.69 Å². The van der Waals surface area contributed by atoms with Crippen LogP contribution in [0.25, 0.3) is 17.3 Å². The Morgan fingerprint density at radius 1 is 1.22 bits per heavy atom. The molecule has 7 rings (SSSR count). The van der Waals surface area contributed by atoms with Crippen molar-refractivity contribution in [1.29, 1.82) is 5.26 Å². The number of carbonyl (C=O) groups is 1. The second-order valence-corrected chi connectivity index (χ2v) is 13.8. The Labute approximate surface area is 285 Å². The van der Waals surface area contributed by atoms with Gasteiger partial charge in [-0.3, -0.25) is 9.69 Å². The molecule has 0 unspecified atom stereocenters. The number of likely N-dealkylation sites (tertiary alicyclic amines) is 1. The van der Waals surface area contributed by atoms with Crippen molar-refractivity contribution in [3.05, 3.63) is 64.2 Å². The van der Waals surface area contributed by atoms with Crippen LogP contribution in [0.15, 0.2) is 35.0 Å². The summed E-state index contributed by atoms with van der Waals surface area (Å²) < 4.78 is 20.2. The van der Waals surface area contributed by atoms with Gasteiger partial charge >= 0.3 is 0 Å². The van der Waals surface area contributed by atoms with E-state index in [2.05, 4.69) is 33.6 Å². The molecule has 3 aromatic heterocycles. The number of anilines is 1. The van der Waals surface area contributed by atoms with Gasteiger partial charge in [-0.25, -0.2) is 9.67 Å². The lowest BCUT2D eigenvalue weighted by molar-refractivity contribution is -0.120. The van der Waals surface area contributed by atoms with Gasteiger partial charge in [0.25, 0.3) is 0 Å². The standard InChI is InChI=1S/C36H43N9O4/c1-20(2)39-29(46)17-23-11-16-45(42-23)28-18-30(48-21(3)33-27(47-5)12-15-44(33)4)41-35(40-28)32-24-7-6-13-36(34(24)49-43-32)14-10-22-8-9-26(38)25(19-37)31(22)36/h8-9,11,16,18,20-21,27,33H,6-7,10,12-15,17,38H2,1-5H3,(H,39,46)/t21-,27-,33+,36-/m0/s1. The molecule has 3 aliphatic rings. The highest BCUT2D eigenvalue weighted by Crippen LogP contribution is 2.54. The number of rotatable bonds is 9. The number of nitrogens with one attached hydrogen (secondary N) is 1. The van der Waals surface area contributed by atoms with Crippen molar-refractivity contribution in [2.75, 3.05) is 26.4 Å². The first-order valence-electron chi connectivity index (χ1n) is 17.1. The molecule has 4 atom stereocenters. The average molecular weight is 666 g/mol. The second-order valence-electron chi connectivity index (χ2n) is 13.8. The quantitative estimate of drug-likeness (QED) is 0.249. The maximum absolute atomic E-state index is 12.5. The lowest BCUT2D eigenvalue weighted by Gasteiger charge is -2.33. The van der Waals surface area contributed by atoms with E-state index < -0.39 is 5.41 Å². The Hall–Kier alpha value is -4.80. The van der Waals surface area contributed by atoms with Crippen molar-refractivity contribution >= 4 is 11.6 Å². The van der Waals surface area contributed by atoms with E-state index in [1.165, 1.54) is 0 Å². The molecule has 1 aliphatic heterocycles. The number of ether oxygens (including phenoxy) is 2. The second kappa shape index (κ2) is 12.9. The van der Waals surface area contributed by atoms with Crippen molar-refractivity contribution in [1.82, 2.24) is 35.1 Å². The van der Waals surface area contributed by atoms with Gasteiger partial charge in [0, 0.05) is 43.2 Å². The zero-order valence-corrected chi connectivity index (χ0v) is 28.7. The Bertz CT molecular complexity index is 1930. The number of benzene rings is 1. The predicted molar refractivity (Wildman–Crippen MR) is 181 cm³/mol. The Balaban J connectivity index is 1.29. The third-order valence-electron chi connectivity index (χ3n) is 10.3. The summed E-state index contributed by atoms with van der Waals surface area (Å²) in [6.45, 7) is 6.78. The van der Waals surface area contributed by atoms with Crippen LogP contribution >= 0.6 is 0 Å². The molecule has 1 fully saturated rings. The molecule has 1 aromatic carbocycles. The Morgan fingerprint density at radius 2 is 2.06 bits per heavy atom. The van der Waals surface area contributed by atoms with Crippen LogP contribution in [0.3, 0.4) is 0 Å². The fraction of sp³-hybridized carbons (Fsp3) is 0.500. The van der Waals surface area contributed by atoms with Crippen LogP contribution in [-0.2, 0) is 34.2 Å². The van der Waals surface area contributed by atoms with Crippen molar-refractivity contribution < 1.29 is 18.8 Å². The molecule has 3 N–H and O–H groups in total. The van der Waals surface area contributed by atoms with E-state index >= 15 is 0 Å². The summed E-state index contributed by atoms with van der Waals surface area (Å²) in [5, 5.41) is 22.3. The summed E-state index contributed by atoms with van der Waals surface area (Å²) in [6, 6.07) is 9.85. The molecule has 256 valence electrons. The molecular weight excluding hydrogens is 622 g/mol. The molecule has 13 heteroatoms. The Morgan fingerprint density at radius 3 is 2.84 bits per heavy atom. The SMILES string of the molecule is CO[C@H]1CCN(C)[C@@H]1[C@H](C)Oc1cc(-n2ccc(CC(=O)NC(C)C)n2)nc(-c2noc3c2CCC[C@@]32CCc3ccc(N)c(C#N)c32)n1. The normalized spacial score (nSPS) is 22.2. The predicted octanol–water partition coefficient (Wildman–Crippen LogP) is 3.89. The fourth-order valence-electron chi connectivity index (χ4n) is 8.19. The Kier molecular flexibility index (Phi) is 8.62. The summed E-state index contributed by atoms with van der Waals surface area (Å²) in [4.78, 5) is 24.6. The minimum atomic E-state index is -0.490. The third-order valence-corrected chi connectivity index (χ3v) is 10.3. The van der Waals surface area contributed by atoms with Gasteiger partial charge in [0.05, 0.1) is 35.2 Å². The van der Waals surface area contributed by atoms with E-state index in [-0.39, 0.29) is 36.6 Å². The summed E-state index contributed by atoms with van der Waals surface area (Å²) >= 11 is 0. The number of nitrogens with zero attached hydrogens (tertiary/aromatic N) is 7. The lowest BCUT2D eigenvalue weighted by Crippen LogP contribution is -2.44. The number of amides is 1. The van der Waals surface area contributed by atoms with Crippen molar-refractivity contribution in [2.24, 2.45) is 0 Å². The topological polar surface area (TPSA) is 170 Å². The summed E-state index contributed by atoms with van der Waals surface area (Å²) in [7, 11) is 3.81. The molecule has 4 heterocycles. The molecule has 0 bridgehead atoms. The van der Waals surface area contributed by atoms with Gasteiger partial charge < -0.3 is 25.0 Å². The van der Waals surface area contributed by atoms with Gasteiger partial charge in [0.1, 0.15) is 12.2 Å². The zero-order chi connectivity index (χ0) is 34.4. The zero-order valence-electron chi connectivity index (χ0n) is 28.7. The van der Waals surface area contributed by atoms with Crippen molar-refractivity contribution in [2.45, 2.75) is 95.4 Å². The molecular formula is C36H43N9O4. The summed E-state index contributed by atoms with van der Waals surface area (Å²) in [6.07, 6.45) is 6.71. The molecule has 0 saturated carbocycles. The number of methoxy groups -OCH3 is 1. The maximum Gasteiger partial charge on any atom is 0.226 e. The van der Waals surface area contributed by atoms with Crippen LogP contribution in [-0.4, -0.2) is 80.7 Å².